The van der Waals surface area contributed by atoms with Crippen molar-refractivity contribution in [2.75, 3.05) is 30.8 Å². The lowest BCUT2D eigenvalue weighted by Gasteiger charge is -2.08. The summed E-state index contributed by atoms with van der Waals surface area (Å²) in [5, 5.41) is 3.19. The van der Waals surface area contributed by atoms with Crippen molar-refractivity contribution in [2.45, 2.75) is 13.8 Å². The minimum Gasteiger partial charge on any atom is -0.397 e. The van der Waals surface area contributed by atoms with Gasteiger partial charge >= 0.3 is 0 Å². The molecule has 1 rings (SSSR count). The van der Waals surface area contributed by atoms with Crippen molar-refractivity contribution in [1.29, 1.82) is 0 Å². The molecule has 1 aromatic rings. The number of rotatable bonds is 6. The molecule has 0 spiro atoms. The van der Waals surface area contributed by atoms with E-state index in [4.69, 9.17) is 10.5 Å². The monoisotopic (exact) mass is 209 g/mol. The van der Waals surface area contributed by atoms with Crippen LogP contribution in [0, 0.1) is 5.92 Å². The molecule has 0 bridgehead atoms. The van der Waals surface area contributed by atoms with E-state index in [9.17, 15) is 0 Å². The average Bonchev–Trinajstić information content (AvgIpc) is 2.17. The van der Waals surface area contributed by atoms with Crippen molar-refractivity contribution in [3.05, 3.63) is 18.5 Å². The predicted octanol–water partition coefficient (Wildman–Crippen LogP) is 1.75. The Morgan fingerprint density at radius 3 is 2.93 bits per heavy atom. The van der Waals surface area contributed by atoms with E-state index >= 15 is 0 Å². The van der Waals surface area contributed by atoms with E-state index in [1.165, 1.54) is 0 Å². The summed E-state index contributed by atoms with van der Waals surface area (Å²) >= 11 is 0. The average molecular weight is 209 g/mol. The second kappa shape index (κ2) is 6.24. The van der Waals surface area contributed by atoms with Crippen LogP contribution < -0.4 is 11.1 Å². The molecule has 0 amide bonds. The van der Waals surface area contributed by atoms with E-state index in [2.05, 4.69) is 24.1 Å². The lowest BCUT2D eigenvalue weighted by Crippen LogP contribution is -2.12. The van der Waals surface area contributed by atoms with Crippen LogP contribution in [0.3, 0.4) is 0 Å². The number of nitrogens with zero attached hydrogens (tertiary/aromatic N) is 1. The van der Waals surface area contributed by atoms with Gasteiger partial charge in [0, 0.05) is 19.3 Å². The van der Waals surface area contributed by atoms with E-state index in [0.29, 0.717) is 18.2 Å². The van der Waals surface area contributed by atoms with Crippen LogP contribution in [-0.4, -0.2) is 24.7 Å². The SMILES string of the molecule is CC(C)COCCNc1cncc(N)c1. The normalized spacial score (nSPS) is 10.6. The number of ether oxygens (including phenoxy) is 1. The zero-order chi connectivity index (χ0) is 11.1. The molecule has 1 heterocycles. The van der Waals surface area contributed by atoms with Crippen LogP contribution in [-0.2, 0) is 4.74 Å². The molecule has 0 saturated heterocycles. The van der Waals surface area contributed by atoms with Gasteiger partial charge < -0.3 is 15.8 Å². The van der Waals surface area contributed by atoms with Gasteiger partial charge in [-0.2, -0.15) is 0 Å². The molecule has 0 unspecified atom stereocenters. The van der Waals surface area contributed by atoms with Gasteiger partial charge in [0.15, 0.2) is 0 Å². The van der Waals surface area contributed by atoms with Gasteiger partial charge in [0.05, 0.1) is 24.2 Å². The number of hydrogen-bond acceptors (Lipinski definition) is 4. The zero-order valence-corrected chi connectivity index (χ0v) is 9.36. The van der Waals surface area contributed by atoms with Gasteiger partial charge in [-0.3, -0.25) is 4.98 Å². The molecule has 15 heavy (non-hydrogen) atoms. The second-order valence-corrected chi connectivity index (χ2v) is 3.90. The number of nitrogens with one attached hydrogen (secondary N) is 1. The summed E-state index contributed by atoms with van der Waals surface area (Å²) in [7, 11) is 0. The predicted molar refractivity (Wildman–Crippen MR) is 62.8 cm³/mol. The van der Waals surface area contributed by atoms with Gasteiger partial charge in [-0.25, -0.2) is 0 Å². The summed E-state index contributed by atoms with van der Waals surface area (Å²) < 4.78 is 5.43. The molecule has 84 valence electrons. The Kier molecular flexibility index (Phi) is 4.90. The summed E-state index contributed by atoms with van der Waals surface area (Å²) in [6.45, 7) is 6.55. The molecule has 0 saturated carbocycles. The summed E-state index contributed by atoms with van der Waals surface area (Å²) in [5.41, 5.74) is 7.20. The largest absolute Gasteiger partial charge is 0.397 e. The van der Waals surface area contributed by atoms with Crippen molar-refractivity contribution >= 4 is 11.4 Å². The smallest absolute Gasteiger partial charge is 0.0639 e. The molecule has 4 heteroatoms. The molecule has 0 radical (unpaired) electrons. The standard InChI is InChI=1S/C11H19N3O/c1-9(2)8-15-4-3-14-11-5-10(12)6-13-7-11/h5-7,9,14H,3-4,8,12H2,1-2H3. The van der Waals surface area contributed by atoms with Gasteiger partial charge in [-0.05, 0) is 12.0 Å². The first kappa shape index (κ1) is 11.8. The Bertz CT molecular complexity index is 289. The van der Waals surface area contributed by atoms with Gasteiger partial charge in [0.1, 0.15) is 0 Å². The summed E-state index contributed by atoms with van der Waals surface area (Å²) in [5.74, 6) is 0.582. The van der Waals surface area contributed by atoms with Crippen LogP contribution in [0.5, 0.6) is 0 Å². The maximum absolute atomic E-state index is 5.59. The Morgan fingerprint density at radius 1 is 1.47 bits per heavy atom. The van der Waals surface area contributed by atoms with Crippen molar-refractivity contribution < 1.29 is 4.74 Å². The molecular formula is C11H19N3O. The van der Waals surface area contributed by atoms with Gasteiger partial charge in [0.2, 0.25) is 0 Å². The first-order valence-electron chi connectivity index (χ1n) is 5.20. The molecule has 0 aliphatic carbocycles. The molecule has 0 fully saturated rings. The van der Waals surface area contributed by atoms with E-state index in [1.54, 1.807) is 12.4 Å². The summed E-state index contributed by atoms with van der Waals surface area (Å²) in [4.78, 5) is 3.98. The molecule has 0 aliphatic rings. The third kappa shape index (κ3) is 5.22. The number of hydrogen-bond donors (Lipinski definition) is 2. The highest BCUT2D eigenvalue weighted by Crippen LogP contribution is 2.08. The third-order valence-electron chi connectivity index (χ3n) is 1.79. The van der Waals surface area contributed by atoms with Crippen molar-refractivity contribution in [3.8, 4) is 0 Å². The lowest BCUT2D eigenvalue weighted by molar-refractivity contribution is 0.118. The fourth-order valence-corrected chi connectivity index (χ4v) is 1.14. The van der Waals surface area contributed by atoms with Crippen molar-refractivity contribution in [3.63, 3.8) is 0 Å². The lowest BCUT2D eigenvalue weighted by atomic mass is 10.2. The number of pyridine rings is 1. The number of anilines is 2. The molecule has 0 atom stereocenters. The molecular weight excluding hydrogens is 190 g/mol. The second-order valence-electron chi connectivity index (χ2n) is 3.90. The minimum atomic E-state index is 0.582. The van der Waals surface area contributed by atoms with E-state index in [1.807, 2.05) is 6.07 Å². The summed E-state index contributed by atoms with van der Waals surface area (Å²) in [6.07, 6.45) is 3.37. The fraction of sp³-hybridized carbons (Fsp3) is 0.545. The Labute approximate surface area is 90.8 Å². The van der Waals surface area contributed by atoms with Gasteiger partial charge in [0.25, 0.3) is 0 Å². The molecule has 0 aromatic carbocycles. The molecule has 1 aromatic heterocycles. The Hall–Kier alpha value is -1.29. The highest BCUT2D eigenvalue weighted by Gasteiger charge is 1.95. The third-order valence-corrected chi connectivity index (χ3v) is 1.79. The Morgan fingerprint density at radius 2 is 2.27 bits per heavy atom. The topological polar surface area (TPSA) is 60.2 Å². The van der Waals surface area contributed by atoms with E-state index in [-0.39, 0.29) is 0 Å². The quantitative estimate of drug-likeness (QED) is 0.701. The first-order valence-corrected chi connectivity index (χ1v) is 5.20. The number of nitrogen functional groups attached to an aromatic ring is 1. The van der Waals surface area contributed by atoms with Crippen LogP contribution in [0.2, 0.25) is 0 Å². The van der Waals surface area contributed by atoms with Crippen LogP contribution in [0.1, 0.15) is 13.8 Å². The summed E-state index contributed by atoms with van der Waals surface area (Å²) in [6, 6.07) is 1.86. The molecule has 0 aliphatic heterocycles. The van der Waals surface area contributed by atoms with Crippen LogP contribution in [0.15, 0.2) is 18.5 Å². The number of aromatic nitrogens is 1. The Balaban J connectivity index is 2.15. The molecule has 4 nitrogen and oxygen atoms in total. The maximum Gasteiger partial charge on any atom is 0.0639 e. The minimum absolute atomic E-state index is 0.582. The van der Waals surface area contributed by atoms with Crippen molar-refractivity contribution in [2.24, 2.45) is 5.92 Å². The maximum atomic E-state index is 5.59. The number of nitrogens with two attached hydrogens (primary N) is 1. The van der Waals surface area contributed by atoms with E-state index in [0.717, 1.165) is 18.8 Å². The van der Waals surface area contributed by atoms with E-state index < -0.39 is 0 Å². The highest BCUT2D eigenvalue weighted by atomic mass is 16.5. The van der Waals surface area contributed by atoms with Gasteiger partial charge in [-0.15, -0.1) is 0 Å². The zero-order valence-electron chi connectivity index (χ0n) is 9.36. The molecule has 3 N–H and O–H groups in total. The van der Waals surface area contributed by atoms with Crippen molar-refractivity contribution in [1.82, 2.24) is 4.98 Å². The first-order chi connectivity index (χ1) is 7.18. The van der Waals surface area contributed by atoms with Gasteiger partial charge in [-0.1, -0.05) is 13.8 Å². The fourth-order valence-electron chi connectivity index (χ4n) is 1.14. The van der Waals surface area contributed by atoms with Crippen LogP contribution >= 0.6 is 0 Å². The highest BCUT2D eigenvalue weighted by molar-refractivity contribution is 5.51. The van der Waals surface area contributed by atoms with Crippen LogP contribution in [0.4, 0.5) is 11.4 Å². The van der Waals surface area contributed by atoms with Crippen LogP contribution in [0.25, 0.3) is 0 Å².